The van der Waals surface area contributed by atoms with E-state index in [9.17, 15) is 27.2 Å². The molecule has 2 N–H and O–H groups in total. The average Bonchev–Trinajstić information content (AvgIpc) is 2.71. The lowest BCUT2D eigenvalue weighted by atomic mass is 10.2. The largest absolute Gasteiger partial charge is 0.468 e. The quantitative estimate of drug-likeness (QED) is 0.642. The van der Waals surface area contributed by atoms with Crippen molar-refractivity contribution < 1.29 is 36.7 Å². The van der Waals surface area contributed by atoms with Crippen LogP contribution in [0.15, 0.2) is 47.4 Å². The molecule has 1 amide bonds. The van der Waals surface area contributed by atoms with Gasteiger partial charge >= 0.3 is 11.9 Å². The molecule has 2 aromatic carbocycles. The molecule has 0 bridgehead atoms. The molecule has 0 fully saturated rings. The molecule has 2 rings (SSSR count). The number of ether oxygens (including phenoxy) is 2. The number of benzene rings is 2. The fourth-order valence-electron chi connectivity index (χ4n) is 2.18. The van der Waals surface area contributed by atoms with Gasteiger partial charge in [-0.2, -0.15) is 0 Å². The van der Waals surface area contributed by atoms with Crippen molar-refractivity contribution in [2.45, 2.75) is 4.90 Å². The van der Waals surface area contributed by atoms with Gasteiger partial charge in [0.25, 0.3) is 15.9 Å². The van der Waals surface area contributed by atoms with Crippen LogP contribution in [0.1, 0.15) is 20.7 Å². The second kappa shape index (κ2) is 9.15. The predicted octanol–water partition coefficient (Wildman–Crippen LogP) is 1.32. The summed E-state index contributed by atoms with van der Waals surface area (Å²) in [5.41, 5.74) is 0.0833. The van der Waals surface area contributed by atoms with Gasteiger partial charge in [-0.15, -0.1) is 0 Å². The highest BCUT2D eigenvalue weighted by atomic mass is 32.2. The van der Waals surface area contributed by atoms with Crippen LogP contribution in [0.5, 0.6) is 0 Å². The van der Waals surface area contributed by atoms with Gasteiger partial charge in [-0.1, -0.05) is 0 Å². The number of amides is 1. The Morgan fingerprint density at radius 3 is 2.17 bits per heavy atom. The summed E-state index contributed by atoms with van der Waals surface area (Å²) < 4.78 is 50.0. The molecule has 0 saturated carbocycles. The first-order valence-corrected chi connectivity index (χ1v) is 9.52. The molecular weight excluding hydrogens is 407 g/mol. The second-order valence-corrected chi connectivity index (χ2v) is 7.23. The number of methoxy groups -OCH3 is 2. The molecule has 0 unspecified atom stereocenters. The van der Waals surface area contributed by atoms with E-state index in [0.29, 0.717) is 0 Å². The minimum Gasteiger partial charge on any atom is -0.468 e. The third-order valence-corrected chi connectivity index (χ3v) is 5.06. The molecular formula is C18H17FN2O7S. The number of carbonyl (C=O) groups is 3. The molecule has 0 aliphatic heterocycles. The minimum absolute atomic E-state index is 0.0531. The van der Waals surface area contributed by atoms with Crippen molar-refractivity contribution in [2.75, 3.05) is 25.5 Å². The molecule has 0 aliphatic rings. The first-order valence-electron chi connectivity index (χ1n) is 8.03. The SMILES string of the molecule is COC(=O)CNC(=O)c1ccc(NS(=O)(=O)c2cc(C(=O)OC)ccc2F)cc1. The molecule has 0 atom stereocenters. The Bertz CT molecular complexity index is 1040. The Labute approximate surface area is 165 Å². The topological polar surface area (TPSA) is 128 Å². The van der Waals surface area contributed by atoms with Crippen molar-refractivity contribution in [2.24, 2.45) is 0 Å². The minimum atomic E-state index is -4.36. The molecule has 0 radical (unpaired) electrons. The van der Waals surface area contributed by atoms with Crippen molar-refractivity contribution >= 4 is 33.6 Å². The van der Waals surface area contributed by atoms with Gasteiger partial charge in [-0.3, -0.25) is 14.3 Å². The van der Waals surface area contributed by atoms with Crippen LogP contribution in [0.3, 0.4) is 0 Å². The normalized spacial score (nSPS) is 10.7. The molecule has 29 heavy (non-hydrogen) atoms. The van der Waals surface area contributed by atoms with E-state index in [-0.39, 0.29) is 23.4 Å². The first kappa shape index (κ1) is 21.8. The number of hydrogen-bond acceptors (Lipinski definition) is 7. The summed E-state index contributed by atoms with van der Waals surface area (Å²) in [4.78, 5) is 33.8. The van der Waals surface area contributed by atoms with E-state index >= 15 is 0 Å². The zero-order chi connectivity index (χ0) is 21.6. The van der Waals surface area contributed by atoms with Crippen LogP contribution in [0.2, 0.25) is 0 Å². The Hall–Kier alpha value is -3.47. The van der Waals surface area contributed by atoms with E-state index in [1.807, 2.05) is 0 Å². The standard InChI is InChI=1S/C18H17FN2O7S/c1-27-16(22)10-20-17(23)11-3-6-13(7-4-11)21-29(25,26)15-9-12(18(24)28-2)5-8-14(15)19/h3-9,21H,10H2,1-2H3,(H,20,23). The third kappa shape index (κ3) is 5.51. The lowest BCUT2D eigenvalue weighted by molar-refractivity contribution is -0.139. The third-order valence-electron chi connectivity index (χ3n) is 3.66. The monoisotopic (exact) mass is 424 g/mol. The fourth-order valence-corrected chi connectivity index (χ4v) is 3.34. The number of anilines is 1. The van der Waals surface area contributed by atoms with Crippen LogP contribution in [0.25, 0.3) is 0 Å². The van der Waals surface area contributed by atoms with Crippen LogP contribution >= 0.6 is 0 Å². The summed E-state index contributed by atoms with van der Waals surface area (Å²) in [7, 11) is -2.07. The molecule has 2 aromatic rings. The van der Waals surface area contributed by atoms with Crippen LogP contribution < -0.4 is 10.0 Å². The Morgan fingerprint density at radius 2 is 1.59 bits per heavy atom. The van der Waals surface area contributed by atoms with Crippen molar-refractivity contribution in [1.29, 1.82) is 0 Å². The summed E-state index contributed by atoms with van der Waals surface area (Å²) in [5.74, 6) is -3.06. The number of hydrogen-bond donors (Lipinski definition) is 2. The lowest BCUT2D eigenvalue weighted by Gasteiger charge is -2.11. The van der Waals surface area contributed by atoms with E-state index in [1.165, 1.54) is 31.4 Å². The van der Waals surface area contributed by atoms with Gasteiger partial charge in [0, 0.05) is 11.3 Å². The number of esters is 2. The molecule has 9 nitrogen and oxygen atoms in total. The maximum atomic E-state index is 14.0. The second-order valence-electron chi connectivity index (χ2n) is 5.58. The van der Waals surface area contributed by atoms with Crippen molar-refractivity contribution in [3.63, 3.8) is 0 Å². The number of nitrogens with one attached hydrogen (secondary N) is 2. The van der Waals surface area contributed by atoms with Gasteiger partial charge < -0.3 is 14.8 Å². The molecule has 0 aliphatic carbocycles. The zero-order valence-corrected chi connectivity index (χ0v) is 16.2. The van der Waals surface area contributed by atoms with E-state index in [1.54, 1.807) is 0 Å². The molecule has 154 valence electrons. The van der Waals surface area contributed by atoms with Gasteiger partial charge in [0.1, 0.15) is 17.3 Å². The van der Waals surface area contributed by atoms with Gasteiger partial charge in [-0.05, 0) is 42.5 Å². The maximum Gasteiger partial charge on any atom is 0.337 e. The van der Waals surface area contributed by atoms with Crippen LogP contribution in [-0.2, 0) is 24.3 Å². The molecule has 11 heteroatoms. The molecule has 0 aromatic heterocycles. The van der Waals surface area contributed by atoms with Gasteiger partial charge in [0.15, 0.2) is 0 Å². The number of carbonyl (C=O) groups excluding carboxylic acids is 3. The summed E-state index contributed by atoms with van der Waals surface area (Å²) in [6.45, 7) is -0.320. The highest BCUT2D eigenvalue weighted by Gasteiger charge is 2.22. The smallest absolute Gasteiger partial charge is 0.337 e. The average molecular weight is 424 g/mol. The Kier molecular flexibility index (Phi) is 6.89. The van der Waals surface area contributed by atoms with Crippen molar-refractivity contribution in [3.8, 4) is 0 Å². The highest BCUT2D eigenvalue weighted by Crippen LogP contribution is 2.21. The summed E-state index contributed by atoms with van der Waals surface area (Å²) in [5, 5.41) is 2.33. The number of halogens is 1. The predicted molar refractivity (Wildman–Crippen MR) is 99.3 cm³/mol. The van der Waals surface area contributed by atoms with Crippen LogP contribution in [0, 0.1) is 5.82 Å². The number of sulfonamides is 1. The molecule has 0 spiro atoms. The van der Waals surface area contributed by atoms with Gasteiger partial charge in [0.2, 0.25) is 0 Å². The summed E-state index contributed by atoms with van der Waals surface area (Å²) >= 11 is 0. The number of rotatable bonds is 7. The first-order chi connectivity index (χ1) is 13.7. The summed E-state index contributed by atoms with van der Waals surface area (Å²) in [6.07, 6.45) is 0. The zero-order valence-electron chi connectivity index (χ0n) is 15.4. The van der Waals surface area contributed by atoms with E-state index in [2.05, 4.69) is 19.5 Å². The van der Waals surface area contributed by atoms with Crippen molar-refractivity contribution in [1.82, 2.24) is 5.32 Å². The fraction of sp³-hybridized carbons (Fsp3) is 0.167. The van der Waals surface area contributed by atoms with E-state index < -0.39 is 38.6 Å². The van der Waals surface area contributed by atoms with Crippen LogP contribution in [-0.4, -0.2) is 47.0 Å². The van der Waals surface area contributed by atoms with E-state index in [0.717, 1.165) is 25.3 Å². The highest BCUT2D eigenvalue weighted by molar-refractivity contribution is 7.92. The lowest BCUT2D eigenvalue weighted by Crippen LogP contribution is -2.30. The van der Waals surface area contributed by atoms with Gasteiger partial charge in [-0.25, -0.2) is 17.6 Å². The Morgan fingerprint density at radius 1 is 0.966 bits per heavy atom. The van der Waals surface area contributed by atoms with E-state index in [4.69, 9.17) is 0 Å². The molecule has 0 heterocycles. The summed E-state index contributed by atoms with van der Waals surface area (Å²) in [6, 6.07) is 7.99. The van der Waals surface area contributed by atoms with Gasteiger partial charge in [0.05, 0.1) is 19.8 Å². The Balaban J connectivity index is 2.18. The van der Waals surface area contributed by atoms with Crippen LogP contribution in [0.4, 0.5) is 10.1 Å². The maximum absolute atomic E-state index is 14.0. The molecule has 0 saturated heterocycles. The van der Waals surface area contributed by atoms with Crippen molar-refractivity contribution in [3.05, 3.63) is 59.4 Å².